The first kappa shape index (κ1) is 19.7. The molecule has 1 aromatic rings. The van der Waals surface area contributed by atoms with Crippen LogP contribution in [-0.2, 0) is 14.3 Å². The molecule has 0 radical (unpaired) electrons. The van der Waals surface area contributed by atoms with E-state index in [1.54, 1.807) is 4.90 Å². The van der Waals surface area contributed by atoms with Crippen molar-refractivity contribution in [2.45, 2.75) is 51.6 Å². The number of rotatable bonds is 5. The Labute approximate surface area is 161 Å². The van der Waals surface area contributed by atoms with Gasteiger partial charge in [-0.1, -0.05) is 18.2 Å². The Kier molecular flexibility index (Phi) is 6.72. The molecule has 2 saturated heterocycles. The molecule has 0 saturated carbocycles. The van der Waals surface area contributed by atoms with Crippen LogP contribution in [0.1, 0.15) is 45.4 Å². The molecule has 0 spiro atoms. The summed E-state index contributed by atoms with van der Waals surface area (Å²) in [7, 11) is 0. The number of carbonyl (C=O) groups excluding carboxylic acids is 2. The Hall–Kier alpha value is -2.08. The summed E-state index contributed by atoms with van der Waals surface area (Å²) < 4.78 is 11.3. The summed E-state index contributed by atoms with van der Waals surface area (Å²) in [4.78, 5) is 27.1. The Morgan fingerprint density at radius 1 is 1.22 bits per heavy atom. The van der Waals surface area contributed by atoms with Crippen LogP contribution in [0.3, 0.4) is 0 Å². The van der Waals surface area contributed by atoms with Gasteiger partial charge in [0.25, 0.3) is 0 Å². The number of esters is 1. The second-order valence-electron chi connectivity index (χ2n) is 7.48. The van der Waals surface area contributed by atoms with Crippen molar-refractivity contribution in [2.75, 3.05) is 31.6 Å². The molecule has 2 amide bonds. The number of likely N-dealkylation sites (tertiary alicyclic amines) is 1. The number of anilines is 1. The topological polar surface area (TPSA) is 67.9 Å². The second kappa shape index (κ2) is 9.22. The monoisotopic (exact) mass is 374 g/mol. The van der Waals surface area contributed by atoms with Crippen LogP contribution < -0.4 is 5.32 Å². The Bertz CT molecular complexity index is 620. The summed E-state index contributed by atoms with van der Waals surface area (Å²) in [6.45, 7) is 4.08. The molecule has 1 N–H and O–H groups in total. The first-order valence-electron chi connectivity index (χ1n) is 10.0. The number of para-hydroxylation sites is 1. The van der Waals surface area contributed by atoms with Crippen LogP contribution in [0.15, 0.2) is 30.3 Å². The largest absolute Gasteiger partial charge is 0.466 e. The minimum absolute atomic E-state index is 0.118. The molecule has 1 aromatic carbocycles. The smallest absolute Gasteiger partial charge is 0.321 e. The average Bonchev–Trinajstić information content (AvgIpc) is 2.70. The number of hydrogen-bond donors (Lipinski definition) is 1. The maximum Gasteiger partial charge on any atom is 0.321 e. The zero-order chi connectivity index (χ0) is 19.1. The zero-order valence-corrected chi connectivity index (χ0v) is 16.1. The number of nitrogens with one attached hydrogen (secondary N) is 1. The number of urea groups is 1. The number of piperidine rings is 1. The lowest BCUT2D eigenvalue weighted by molar-refractivity contribution is -0.162. The van der Waals surface area contributed by atoms with Gasteiger partial charge in [0, 0.05) is 25.4 Å². The molecule has 0 unspecified atom stereocenters. The average molecular weight is 374 g/mol. The second-order valence-corrected chi connectivity index (χ2v) is 7.48. The van der Waals surface area contributed by atoms with Crippen molar-refractivity contribution in [2.24, 2.45) is 5.41 Å². The molecule has 6 heteroatoms. The van der Waals surface area contributed by atoms with E-state index in [9.17, 15) is 9.59 Å². The molecular formula is C21H30N2O4. The van der Waals surface area contributed by atoms with Crippen molar-refractivity contribution >= 4 is 17.7 Å². The molecule has 6 nitrogen and oxygen atoms in total. The first-order valence-corrected chi connectivity index (χ1v) is 10.0. The molecule has 0 aliphatic carbocycles. The Morgan fingerprint density at radius 2 is 1.96 bits per heavy atom. The number of hydrogen-bond acceptors (Lipinski definition) is 4. The summed E-state index contributed by atoms with van der Waals surface area (Å²) in [6, 6.07) is 9.31. The van der Waals surface area contributed by atoms with Gasteiger partial charge in [-0.05, 0) is 57.6 Å². The molecule has 27 heavy (non-hydrogen) atoms. The third kappa shape index (κ3) is 5.01. The fourth-order valence-electron chi connectivity index (χ4n) is 4.04. The number of benzene rings is 1. The Morgan fingerprint density at radius 3 is 2.59 bits per heavy atom. The fraction of sp³-hybridized carbons (Fsp3) is 0.619. The van der Waals surface area contributed by atoms with Gasteiger partial charge in [-0.3, -0.25) is 4.79 Å². The molecule has 148 valence electrons. The number of carbonyl (C=O) groups is 2. The van der Waals surface area contributed by atoms with Crippen LogP contribution >= 0.6 is 0 Å². The predicted octanol–water partition coefficient (Wildman–Crippen LogP) is 3.82. The van der Waals surface area contributed by atoms with E-state index in [0.29, 0.717) is 39.0 Å². The van der Waals surface area contributed by atoms with Crippen molar-refractivity contribution in [3.63, 3.8) is 0 Å². The summed E-state index contributed by atoms with van der Waals surface area (Å²) >= 11 is 0. The van der Waals surface area contributed by atoms with Crippen LogP contribution in [0, 0.1) is 5.41 Å². The molecule has 2 heterocycles. The van der Waals surface area contributed by atoms with Gasteiger partial charge in [-0.2, -0.15) is 0 Å². The molecule has 2 aliphatic rings. The first-order chi connectivity index (χ1) is 13.1. The van der Waals surface area contributed by atoms with E-state index in [1.807, 2.05) is 37.3 Å². The van der Waals surface area contributed by atoms with Crippen LogP contribution in [0.4, 0.5) is 10.5 Å². The van der Waals surface area contributed by atoms with Crippen LogP contribution in [0.5, 0.6) is 0 Å². The van der Waals surface area contributed by atoms with Crippen LogP contribution in [0.2, 0.25) is 0 Å². The molecular weight excluding hydrogens is 344 g/mol. The van der Waals surface area contributed by atoms with E-state index in [1.165, 1.54) is 0 Å². The Balaban J connectivity index is 1.62. The van der Waals surface area contributed by atoms with Gasteiger partial charge in [-0.25, -0.2) is 4.79 Å². The van der Waals surface area contributed by atoms with Crippen LogP contribution in [-0.4, -0.2) is 49.3 Å². The molecule has 2 aliphatic heterocycles. The van der Waals surface area contributed by atoms with Gasteiger partial charge in [0.1, 0.15) is 0 Å². The minimum Gasteiger partial charge on any atom is -0.466 e. The van der Waals surface area contributed by atoms with E-state index in [0.717, 1.165) is 31.6 Å². The summed E-state index contributed by atoms with van der Waals surface area (Å²) in [5, 5.41) is 2.92. The van der Waals surface area contributed by atoms with E-state index in [4.69, 9.17) is 9.47 Å². The van der Waals surface area contributed by atoms with Gasteiger partial charge >= 0.3 is 12.0 Å². The fourth-order valence-corrected chi connectivity index (χ4v) is 4.04. The highest BCUT2D eigenvalue weighted by molar-refractivity contribution is 5.89. The lowest BCUT2D eigenvalue weighted by Gasteiger charge is -2.42. The highest BCUT2D eigenvalue weighted by Crippen LogP contribution is 2.40. The summed E-state index contributed by atoms with van der Waals surface area (Å²) in [5.41, 5.74) is 0.238. The minimum atomic E-state index is -0.540. The SMILES string of the molecule is CCOC(=O)C1(C[C@@H]2CCCCO2)CCN(C(=O)Nc2ccccc2)CC1. The molecule has 2 fully saturated rings. The number of nitrogens with zero attached hydrogens (tertiary/aromatic N) is 1. The van der Waals surface area contributed by atoms with E-state index >= 15 is 0 Å². The van der Waals surface area contributed by atoms with Gasteiger partial charge in [0.15, 0.2) is 0 Å². The van der Waals surface area contributed by atoms with E-state index in [2.05, 4.69) is 5.32 Å². The number of amides is 2. The van der Waals surface area contributed by atoms with Crippen molar-refractivity contribution in [3.05, 3.63) is 30.3 Å². The third-order valence-electron chi connectivity index (χ3n) is 5.63. The van der Waals surface area contributed by atoms with E-state index in [-0.39, 0.29) is 18.1 Å². The molecule has 1 atom stereocenters. The van der Waals surface area contributed by atoms with Gasteiger partial charge in [0.2, 0.25) is 0 Å². The van der Waals surface area contributed by atoms with Crippen molar-refractivity contribution in [3.8, 4) is 0 Å². The predicted molar refractivity (Wildman–Crippen MR) is 104 cm³/mol. The quantitative estimate of drug-likeness (QED) is 0.796. The lowest BCUT2D eigenvalue weighted by atomic mass is 9.73. The molecule has 0 bridgehead atoms. The highest BCUT2D eigenvalue weighted by atomic mass is 16.5. The van der Waals surface area contributed by atoms with Crippen molar-refractivity contribution in [1.82, 2.24) is 4.90 Å². The lowest BCUT2D eigenvalue weighted by Crippen LogP contribution is -2.49. The standard InChI is InChI=1S/C21H30N2O4/c1-2-26-19(24)21(16-18-10-6-7-15-27-18)11-13-23(14-12-21)20(25)22-17-8-4-3-5-9-17/h3-5,8-9,18H,2,6-7,10-16H2,1H3,(H,22,25)/t18-/m0/s1. The van der Waals surface area contributed by atoms with Crippen LogP contribution in [0.25, 0.3) is 0 Å². The van der Waals surface area contributed by atoms with Gasteiger partial charge in [-0.15, -0.1) is 0 Å². The van der Waals surface area contributed by atoms with Crippen molar-refractivity contribution < 1.29 is 19.1 Å². The van der Waals surface area contributed by atoms with Gasteiger partial charge in [0.05, 0.1) is 18.1 Å². The highest BCUT2D eigenvalue weighted by Gasteiger charge is 2.45. The maximum absolute atomic E-state index is 12.8. The summed E-state index contributed by atoms with van der Waals surface area (Å²) in [6.07, 6.45) is 5.29. The van der Waals surface area contributed by atoms with Gasteiger partial charge < -0.3 is 19.7 Å². The molecule has 3 rings (SSSR count). The molecule has 0 aromatic heterocycles. The normalized spacial score (nSPS) is 22.1. The number of ether oxygens (including phenoxy) is 2. The zero-order valence-electron chi connectivity index (χ0n) is 16.1. The maximum atomic E-state index is 12.8. The third-order valence-corrected chi connectivity index (χ3v) is 5.63. The summed E-state index contributed by atoms with van der Waals surface area (Å²) in [5.74, 6) is -0.137. The van der Waals surface area contributed by atoms with E-state index < -0.39 is 5.41 Å². The van der Waals surface area contributed by atoms with Crippen molar-refractivity contribution in [1.29, 1.82) is 0 Å².